The molecule has 5 heteroatoms. The summed E-state index contributed by atoms with van der Waals surface area (Å²) in [5.74, 6) is -2.81. The van der Waals surface area contributed by atoms with Crippen LogP contribution in [-0.4, -0.2) is 11.9 Å². The Hall–Kier alpha value is -1.22. The van der Waals surface area contributed by atoms with E-state index in [0.717, 1.165) is 6.07 Å². The first-order chi connectivity index (χ1) is 5.61. The Morgan fingerprint density at radius 1 is 1.00 bits per heavy atom. The van der Waals surface area contributed by atoms with Gasteiger partial charge in [0.15, 0.2) is 0 Å². The molecule has 1 aromatic carbocycles. The van der Waals surface area contributed by atoms with Gasteiger partial charge in [0.1, 0.15) is 0 Å². The molecule has 1 rings (SSSR count). The second-order valence-electron chi connectivity index (χ2n) is 2.16. The molecule has 0 saturated heterocycles. The average molecular weight is 230 g/mol. The van der Waals surface area contributed by atoms with Crippen LogP contribution in [0.2, 0.25) is 0 Å². The molecule has 4 nitrogen and oxygen atoms in total. The van der Waals surface area contributed by atoms with Crippen molar-refractivity contribution in [2.24, 2.45) is 0 Å². The van der Waals surface area contributed by atoms with Crippen LogP contribution in [0.25, 0.3) is 0 Å². The van der Waals surface area contributed by atoms with Gasteiger partial charge >= 0.3 is 19.5 Å². The smallest absolute Gasteiger partial charge is 0.545 e. The van der Waals surface area contributed by atoms with Crippen molar-refractivity contribution in [1.29, 1.82) is 0 Å². The van der Waals surface area contributed by atoms with Gasteiger partial charge in [-0.1, -0.05) is 18.2 Å². The molecule has 0 bridgehead atoms. The van der Waals surface area contributed by atoms with Crippen LogP contribution in [0.5, 0.6) is 0 Å². The third-order valence-electron chi connectivity index (χ3n) is 1.33. The molecule has 0 aliphatic carbocycles. The molecule has 62 valence electrons. The quantitative estimate of drug-likeness (QED) is 0.573. The molecule has 0 heterocycles. The molecule has 0 atom stereocenters. The molecule has 0 unspecified atom stereocenters. The minimum atomic E-state index is -1.40. The van der Waals surface area contributed by atoms with Gasteiger partial charge in [-0.05, 0) is 17.2 Å². The van der Waals surface area contributed by atoms with Crippen LogP contribution in [0.3, 0.4) is 0 Å². The van der Waals surface area contributed by atoms with Gasteiger partial charge < -0.3 is 19.8 Å². The molecule has 0 N–H and O–H groups in total. The molecule has 0 spiro atoms. The summed E-state index contributed by atoms with van der Waals surface area (Å²) in [5.41, 5.74) is -0.339. The third kappa shape index (κ3) is 2.95. The van der Waals surface area contributed by atoms with Crippen LogP contribution in [0.15, 0.2) is 24.3 Å². The van der Waals surface area contributed by atoms with Gasteiger partial charge in [0.05, 0.1) is 11.9 Å². The minimum absolute atomic E-state index is 0. The van der Waals surface area contributed by atoms with Crippen molar-refractivity contribution in [2.45, 2.75) is 0 Å². The standard InChI is InChI=1S/C8H6O4.Zn/c9-7(10)5-2-1-3-6(4-5)8(11)12;/h1-4H,(H,9,10)(H,11,12);/q;+2/p-2. The fourth-order valence-corrected chi connectivity index (χ4v) is 0.773. The SMILES string of the molecule is O=C([O-])c1cccc(C(=O)[O-])c1.[Zn+2]. The molecule has 0 aliphatic rings. The van der Waals surface area contributed by atoms with E-state index in [1.807, 2.05) is 0 Å². The normalized spacial score (nSPS) is 8.62. The van der Waals surface area contributed by atoms with E-state index in [1.54, 1.807) is 0 Å². The first kappa shape index (κ1) is 11.8. The van der Waals surface area contributed by atoms with Crippen molar-refractivity contribution in [3.63, 3.8) is 0 Å². The van der Waals surface area contributed by atoms with Gasteiger partial charge in [0.25, 0.3) is 0 Å². The van der Waals surface area contributed by atoms with Crippen LogP contribution in [-0.2, 0) is 19.5 Å². The summed E-state index contributed by atoms with van der Waals surface area (Å²) in [6.45, 7) is 0. The maximum absolute atomic E-state index is 10.3. The number of hydrogen-bond donors (Lipinski definition) is 0. The average Bonchev–Trinajstić information content (AvgIpc) is 2.04. The topological polar surface area (TPSA) is 80.3 Å². The van der Waals surface area contributed by atoms with Gasteiger partial charge in [0.2, 0.25) is 0 Å². The zero-order valence-electron chi connectivity index (χ0n) is 6.65. The van der Waals surface area contributed by atoms with Crippen LogP contribution < -0.4 is 10.2 Å². The molecule has 0 aliphatic heterocycles. The fourth-order valence-electron chi connectivity index (χ4n) is 0.773. The summed E-state index contributed by atoms with van der Waals surface area (Å²) in [6.07, 6.45) is 0. The van der Waals surface area contributed by atoms with Gasteiger partial charge in [-0.15, -0.1) is 0 Å². The molecule has 13 heavy (non-hydrogen) atoms. The predicted molar refractivity (Wildman–Crippen MR) is 35.1 cm³/mol. The van der Waals surface area contributed by atoms with Crippen molar-refractivity contribution < 1.29 is 39.3 Å². The molecular weight excluding hydrogens is 225 g/mol. The number of carbonyl (C=O) groups is 2. The monoisotopic (exact) mass is 228 g/mol. The number of rotatable bonds is 2. The Morgan fingerprint density at radius 2 is 1.38 bits per heavy atom. The predicted octanol–water partition coefficient (Wildman–Crippen LogP) is -1.59. The zero-order valence-corrected chi connectivity index (χ0v) is 9.62. The Labute approximate surface area is 87.0 Å². The van der Waals surface area contributed by atoms with E-state index in [-0.39, 0.29) is 30.6 Å². The summed E-state index contributed by atoms with van der Waals surface area (Å²) in [4.78, 5) is 20.5. The van der Waals surface area contributed by atoms with Crippen LogP contribution in [0, 0.1) is 0 Å². The van der Waals surface area contributed by atoms with E-state index in [1.165, 1.54) is 18.2 Å². The third-order valence-corrected chi connectivity index (χ3v) is 1.33. The Balaban J connectivity index is 0.00000144. The van der Waals surface area contributed by atoms with Crippen molar-refractivity contribution in [2.75, 3.05) is 0 Å². The number of benzene rings is 1. The van der Waals surface area contributed by atoms with Crippen LogP contribution in [0.4, 0.5) is 0 Å². The molecule has 0 amide bonds. The van der Waals surface area contributed by atoms with Crippen LogP contribution in [0.1, 0.15) is 20.7 Å². The first-order valence-corrected chi connectivity index (χ1v) is 3.14. The minimum Gasteiger partial charge on any atom is -0.545 e. The van der Waals surface area contributed by atoms with Gasteiger partial charge in [-0.2, -0.15) is 0 Å². The van der Waals surface area contributed by atoms with Crippen molar-refractivity contribution in [3.8, 4) is 0 Å². The summed E-state index contributed by atoms with van der Waals surface area (Å²) >= 11 is 0. The molecule has 0 radical (unpaired) electrons. The van der Waals surface area contributed by atoms with E-state index in [4.69, 9.17) is 0 Å². The Morgan fingerprint density at radius 3 is 1.69 bits per heavy atom. The summed E-state index contributed by atoms with van der Waals surface area (Å²) in [5, 5.41) is 20.5. The molecular formula is C8H4O4Zn. The molecule has 0 saturated carbocycles. The zero-order chi connectivity index (χ0) is 9.14. The number of aromatic carboxylic acids is 2. The Bertz CT molecular complexity index is 305. The molecule has 0 fully saturated rings. The van der Waals surface area contributed by atoms with Crippen molar-refractivity contribution in [1.82, 2.24) is 0 Å². The van der Waals surface area contributed by atoms with E-state index in [2.05, 4.69) is 0 Å². The van der Waals surface area contributed by atoms with Gasteiger partial charge in [-0.25, -0.2) is 0 Å². The second kappa shape index (κ2) is 4.72. The van der Waals surface area contributed by atoms with Gasteiger partial charge in [0, 0.05) is 0 Å². The maximum Gasteiger partial charge on any atom is 2.00 e. The second-order valence-corrected chi connectivity index (χ2v) is 2.16. The molecule has 0 aromatic heterocycles. The number of hydrogen-bond acceptors (Lipinski definition) is 4. The maximum atomic E-state index is 10.3. The summed E-state index contributed by atoms with van der Waals surface area (Å²) in [6, 6.07) is 4.81. The van der Waals surface area contributed by atoms with E-state index >= 15 is 0 Å². The van der Waals surface area contributed by atoms with E-state index < -0.39 is 11.9 Å². The van der Waals surface area contributed by atoms with Crippen molar-refractivity contribution >= 4 is 11.9 Å². The number of carboxylic acids is 2. The first-order valence-electron chi connectivity index (χ1n) is 3.14. The number of carboxylic acid groups (broad SMARTS) is 2. The molecule has 1 aromatic rings. The summed E-state index contributed by atoms with van der Waals surface area (Å²) in [7, 11) is 0. The number of carbonyl (C=O) groups excluding carboxylic acids is 2. The van der Waals surface area contributed by atoms with Crippen molar-refractivity contribution in [3.05, 3.63) is 35.4 Å². The van der Waals surface area contributed by atoms with E-state index in [9.17, 15) is 19.8 Å². The van der Waals surface area contributed by atoms with Gasteiger partial charge in [-0.3, -0.25) is 0 Å². The van der Waals surface area contributed by atoms with Crippen LogP contribution >= 0.6 is 0 Å². The fraction of sp³-hybridized carbons (Fsp3) is 0. The summed E-state index contributed by atoms with van der Waals surface area (Å²) < 4.78 is 0. The largest absolute Gasteiger partial charge is 2.00 e. The van der Waals surface area contributed by atoms with E-state index in [0.29, 0.717) is 0 Å². The Kier molecular flexibility index (Phi) is 4.28.